The zero-order valence-electron chi connectivity index (χ0n) is 9.66. The number of ether oxygens (including phenoxy) is 1. The van der Waals surface area contributed by atoms with Crippen molar-refractivity contribution in [2.75, 3.05) is 6.61 Å². The Hall–Kier alpha value is -1.20. The van der Waals surface area contributed by atoms with Crippen LogP contribution in [-0.2, 0) is 0 Å². The van der Waals surface area contributed by atoms with Gasteiger partial charge in [-0.2, -0.15) is 5.26 Å². The molecule has 2 nitrogen and oxygen atoms in total. The third-order valence-electron chi connectivity index (χ3n) is 2.37. The van der Waals surface area contributed by atoms with Gasteiger partial charge in [-0.25, -0.2) is 0 Å². The van der Waals surface area contributed by atoms with Crippen molar-refractivity contribution in [3.63, 3.8) is 0 Å². The maximum atomic E-state index is 8.92. The van der Waals surface area contributed by atoms with Crippen LogP contribution in [0.4, 0.5) is 0 Å². The molecule has 0 amide bonds. The minimum absolute atomic E-state index is 0.496. The fraction of sp³-hybridized carbons (Fsp3) is 0.462. The van der Waals surface area contributed by atoms with Gasteiger partial charge in [0.15, 0.2) is 0 Å². The highest BCUT2D eigenvalue weighted by atomic mass is 35.5. The third kappa shape index (κ3) is 3.75. The number of hydrogen-bond donors (Lipinski definition) is 0. The number of benzene rings is 1. The largest absolute Gasteiger partial charge is 0.492 e. The van der Waals surface area contributed by atoms with Gasteiger partial charge in [0.05, 0.1) is 12.2 Å². The summed E-state index contributed by atoms with van der Waals surface area (Å²) in [5.74, 6) is 1.13. The van der Waals surface area contributed by atoms with Gasteiger partial charge in [-0.3, -0.25) is 0 Å². The van der Waals surface area contributed by atoms with Gasteiger partial charge in [0.2, 0.25) is 0 Å². The minimum atomic E-state index is 0.496. The Bertz CT molecular complexity index is 384. The van der Waals surface area contributed by atoms with E-state index in [1.54, 1.807) is 18.2 Å². The van der Waals surface area contributed by atoms with Gasteiger partial charge in [0.25, 0.3) is 0 Å². The van der Waals surface area contributed by atoms with Crippen molar-refractivity contribution in [1.82, 2.24) is 0 Å². The molecule has 0 saturated carbocycles. The quantitative estimate of drug-likeness (QED) is 0.775. The van der Waals surface area contributed by atoms with Crippen molar-refractivity contribution in [1.29, 1.82) is 5.26 Å². The Balaban J connectivity index is 2.64. The fourth-order valence-corrected chi connectivity index (χ4v) is 1.70. The van der Waals surface area contributed by atoms with Crippen LogP contribution < -0.4 is 4.74 Å². The van der Waals surface area contributed by atoms with Gasteiger partial charge < -0.3 is 4.74 Å². The van der Waals surface area contributed by atoms with E-state index in [0.29, 0.717) is 28.9 Å². The molecule has 3 heteroatoms. The van der Waals surface area contributed by atoms with Gasteiger partial charge in [-0.1, -0.05) is 31.9 Å². The molecule has 0 bridgehead atoms. The van der Waals surface area contributed by atoms with E-state index in [4.69, 9.17) is 21.6 Å². The first-order valence-electron chi connectivity index (χ1n) is 5.49. The molecule has 1 aromatic carbocycles. The molecule has 0 aliphatic rings. The summed E-state index contributed by atoms with van der Waals surface area (Å²) in [6, 6.07) is 7.20. The van der Waals surface area contributed by atoms with Crippen LogP contribution in [0.15, 0.2) is 18.2 Å². The number of rotatable bonds is 5. The Labute approximate surface area is 102 Å². The van der Waals surface area contributed by atoms with Crippen LogP contribution in [0.1, 0.15) is 32.3 Å². The first-order valence-corrected chi connectivity index (χ1v) is 5.87. The van der Waals surface area contributed by atoms with Crippen molar-refractivity contribution in [2.24, 2.45) is 5.92 Å². The molecule has 1 rings (SSSR count). The lowest BCUT2D eigenvalue weighted by Crippen LogP contribution is -2.08. The summed E-state index contributed by atoms with van der Waals surface area (Å²) in [5.41, 5.74) is 0.496. The molecule has 1 unspecified atom stereocenters. The summed E-state index contributed by atoms with van der Waals surface area (Å²) in [7, 11) is 0. The molecule has 1 atom stereocenters. The van der Waals surface area contributed by atoms with E-state index >= 15 is 0 Å². The normalized spacial score (nSPS) is 11.9. The van der Waals surface area contributed by atoms with Gasteiger partial charge in [0, 0.05) is 5.02 Å². The van der Waals surface area contributed by atoms with E-state index in [1.165, 1.54) is 0 Å². The molecule has 0 aliphatic heterocycles. The SMILES string of the molecule is CCCC(C)COc1ccc(Cl)cc1C#N. The predicted molar refractivity (Wildman–Crippen MR) is 65.7 cm³/mol. The van der Waals surface area contributed by atoms with Gasteiger partial charge in [0.1, 0.15) is 11.8 Å². The Morgan fingerprint density at radius 3 is 2.88 bits per heavy atom. The topological polar surface area (TPSA) is 33.0 Å². The Morgan fingerprint density at radius 2 is 2.25 bits per heavy atom. The minimum Gasteiger partial charge on any atom is -0.492 e. The first-order chi connectivity index (χ1) is 7.67. The van der Waals surface area contributed by atoms with Crippen molar-refractivity contribution >= 4 is 11.6 Å². The molecule has 0 heterocycles. The molecule has 0 fully saturated rings. The predicted octanol–water partition coefficient (Wildman–Crippen LogP) is 4.03. The van der Waals surface area contributed by atoms with E-state index in [-0.39, 0.29) is 0 Å². The lowest BCUT2D eigenvalue weighted by Gasteiger charge is -2.12. The maximum Gasteiger partial charge on any atom is 0.137 e. The smallest absolute Gasteiger partial charge is 0.137 e. The van der Waals surface area contributed by atoms with Crippen molar-refractivity contribution in [3.05, 3.63) is 28.8 Å². The highest BCUT2D eigenvalue weighted by molar-refractivity contribution is 6.30. The van der Waals surface area contributed by atoms with Crippen LogP contribution in [0, 0.1) is 17.2 Å². The lowest BCUT2D eigenvalue weighted by atomic mass is 10.1. The summed E-state index contributed by atoms with van der Waals surface area (Å²) in [6.07, 6.45) is 2.28. The van der Waals surface area contributed by atoms with Gasteiger partial charge in [-0.15, -0.1) is 0 Å². The molecule has 0 saturated heterocycles. The summed E-state index contributed by atoms with van der Waals surface area (Å²) >= 11 is 5.80. The lowest BCUT2D eigenvalue weighted by molar-refractivity contribution is 0.251. The molecular weight excluding hydrogens is 222 g/mol. The second-order valence-corrected chi connectivity index (χ2v) is 4.39. The first kappa shape index (κ1) is 12.9. The van der Waals surface area contributed by atoms with Crippen LogP contribution in [-0.4, -0.2) is 6.61 Å². The van der Waals surface area contributed by atoms with Crippen LogP contribution in [0.3, 0.4) is 0 Å². The molecular formula is C13H16ClNO. The molecule has 16 heavy (non-hydrogen) atoms. The molecule has 1 aromatic rings. The fourth-order valence-electron chi connectivity index (χ4n) is 1.52. The van der Waals surface area contributed by atoms with E-state index in [9.17, 15) is 0 Å². The zero-order chi connectivity index (χ0) is 12.0. The Morgan fingerprint density at radius 1 is 1.50 bits per heavy atom. The highest BCUT2D eigenvalue weighted by Gasteiger charge is 2.06. The molecule has 0 aromatic heterocycles. The van der Waals surface area contributed by atoms with Crippen LogP contribution in [0.25, 0.3) is 0 Å². The zero-order valence-corrected chi connectivity index (χ0v) is 10.4. The Kier molecular flexibility index (Phi) is 5.14. The number of nitrogens with zero attached hydrogens (tertiary/aromatic N) is 1. The number of nitriles is 1. The number of halogens is 1. The average molecular weight is 238 g/mol. The summed E-state index contributed by atoms with van der Waals surface area (Å²) < 4.78 is 5.62. The number of hydrogen-bond acceptors (Lipinski definition) is 2. The summed E-state index contributed by atoms with van der Waals surface area (Å²) in [5, 5.41) is 9.48. The van der Waals surface area contributed by atoms with Crippen molar-refractivity contribution < 1.29 is 4.74 Å². The van der Waals surface area contributed by atoms with Gasteiger partial charge in [-0.05, 0) is 30.5 Å². The molecule has 0 N–H and O–H groups in total. The molecule has 0 radical (unpaired) electrons. The van der Waals surface area contributed by atoms with Crippen LogP contribution in [0.2, 0.25) is 5.02 Å². The van der Waals surface area contributed by atoms with E-state index in [2.05, 4.69) is 19.9 Å². The molecule has 0 aliphatic carbocycles. The summed E-state index contributed by atoms with van der Waals surface area (Å²) in [4.78, 5) is 0. The van der Waals surface area contributed by atoms with Crippen molar-refractivity contribution in [3.8, 4) is 11.8 Å². The second-order valence-electron chi connectivity index (χ2n) is 3.96. The third-order valence-corrected chi connectivity index (χ3v) is 2.60. The maximum absolute atomic E-state index is 8.92. The molecule has 0 spiro atoms. The standard InChI is InChI=1S/C13H16ClNO/c1-3-4-10(2)9-16-13-6-5-12(14)7-11(13)8-15/h5-7,10H,3-4,9H2,1-2H3. The van der Waals surface area contributed by atoms with Crippen LogP contribution >= 0.6 is 11.6 Å². The monoisotopic (exact) mass is 237 g/mol. The second kappa shape index (κ2) is 6.40. The highest BCUT2D eigenvalue weighted by Crippen LogP contribution is 2.22. The average Bonchev–Trinajstić information content (AvgIpc) is 2.27. The summed E-state index contributed by atoms with van der Waals surface area (Å²) in [6.45, 7) is 4.94. The van der Waals surface area contributed by atoms with Crippen molar-refractivity contribution in [2.45, 2.75) is 26.7 Å². The van der Waals surface area contributed by atoms with Gasteiger partial charge >= 0.3 is 0 Å². The van der Waals surface area contributed by atoms with E-state index in [0.717, 1.165) is 12.8 Å². The molecule has 86 valence electrons. The van der Waals surface area contributed by atoms with E-state index < -0.39 is 0 Å². The van der Waals surface area contributed by atoms with Crippen LogP contribution in [0.5, 0.6) is 5.75 Å². The van der Waals surface area contributed by atoms with E-state index in [1.807, 2.05) is 0 Å².